The molecule has 1 aromatic rings. The number of nitrogens with zero attached hydrogens (tertiary/aromatic N) is 1. The van der Waals surface area contributed by atoms with Crippen molar-refractivity contribution in [3.63, 3.8) is 0 Å². The van der Waals surface area contributed by atoms with E-state index in [1.165, 1.54) is 12.1 Å². The van der Waals surface area contributed by atoms with Crippen LogP contribution in [0.1, 0.15) is 25.5 Å². The Morgan fingerprint density at radius 2 is 1.86 bits per heavy atom. The van der Waals surface area contributed by atoms with Gasteiger partial charge in [0.2, 0.25) is 0 Å². The molecule has 2 N–H and O–H groups in total. The zero-order valence-corrected chi connectivity index (χ0v) is 8.29. The fraction of sp³-hybridized carbons (Fsp3) is 0.364. The van der Waals surface area contributed by atoms with E-state index < -0.39 is 11.5 Å². The molecule has 1 aromatic carbocycles. The van der Waals surface area contributed by atoms with E-state index in [9.17, 15) is 4.39 Å². The molecule has 0 fully saturated rings. The van der Waals surface area contributed by atoms with Crippen LogP contribution in [-0.4, -0.2) is 0 Å². The van der Waals surface area contributed by atoms with E-state index in [0.29, 0.717) is 0 Å². The fourth-order valence-corrected chi connectivity index (χ4v) is 1.16. The van der Waals surface area contributed by atoms with Crippen LogP contribution in [0, 0.1) is 22.6 Å². The van der Waals surface area contributed by atoms with E-state index in [4.69, 9.17) is 11.0 Å². The van der Waals surface area contributed by atoms with Crippen LogP contribution < -0.4 is 5.73 Å². The smallest absolute Gasteiger partial charge is 0.123 e. The lowest BCUT2D eigenvalue weighted by molar-refractivity contribution is 0.393. The molecule has 0 heterocycles. The lowest BCUT2D eigenvalue weighted by atomic mass is 9.82. The highest BCUT2D eigenvalue weighted by Crippen LogP contribution is 2.30. The van der Waals surface area contributed by atoms with Gasteiger partial charge in [0.25, 0.3) is 0 Å². The Balaban J connectivity index is 2.96. The molecule has 14 heavy (non-hydrogen) atoms. The van der Waals surface area contributed by atoms with Crippen LogP contribution >= 0.6 is 0 Å². The van der Waals surface area contributed by atoms with Gasteiger partial charge < -0.3 is 5.73 Å². The van der Waals surface area contributed by atoms with Crippen molar-refractivity contribution in [3.05, 3.63) is 35.6 Å². The molecule has 0 aliphatic rings. The van der Waals surface area contributed by atoms with Gasteiger partial charge in [-0.3, -0.25) is 0 Å². The lowest BCUT2D eigenvalue weighted by Gasteiger charge is -2.24. The summed E-state index contributed by atoms with van der Waals surface area (Å²) in [6.07, 6.45) is 0. The SMILES string of the molecule is CC(C)(C#N)[C@@H](N)c1ccc(F)cc1. The molecule has 0 aliphatic heterocycles. The molecule has 0 amide bonds. The Hall–Kier alpha value is -1.40. The second kappa shape index (κ2) is 3.77. The largest absolute Gasteiger partial charge is 0.323 e. The quantitative estimate of drug-likeness (QED) is 0.782. The van der Waals surface area contributed by atoms with Gasteiger partial charge in [-0.25, -0.2) is 4.39 Å². The van der Waals surface area contributed by atoms with Gasteiger partial charge in [-0.05, 0) is 31.5 Å². The van der Waals surface area contributed by atoms with Gasteiger partial charge >= 0.3 is 0 Å². The first-order valence-electron chi connectivity index (χ1n) is 4.39. The Morgan fingerprint density at radius 1 is 1.36 bits per heavy atom. The summed E-state index contributed by atoms with van der Waals surface area (Å²) in [6.45, 7) is 3.53. The molecule has 2 nitrogen and oxygen atoms in total. The summed E-state index contributed by atoms with van der Waals surface area (Å²) in [5, 5.41) is 8.88. The molecular weight excluding hydrogens is 179 g/mol. The van der Waals surface area contributed by atoms with Gasteiger partial charge in [0.15, 0.2) is 0 Å². The van der Waals surface area contributed by atoms with Gasteiger partial charge in [-0.1, -0.05) is 12.1 Å². The molecule has 0 bridgehead atoms. The molecule has 0 aliphatic carbocycles. The molecular formula is C11H13FN2. The maximum atomic E-state index is 12.6. The highest BCUT2D eigenvalue weighted by Gasteiger charge is 2.27. The van der Waals surface area contributed by atoms with E-state index >= 15 is 0 Å². The number of rotatable bonds is 2. The van der Waals surface area contributed by atoms with Crippen molar-refractivity contribution in [1.29, 1.82) is 5.26 Å². The molecule has 1 rings (SSSR count). The Bertz CT molecular complexity index is 349. The van der Waals surface area contributed by atoms with Crippen molar-refractivity contribution in [2.45, 2.75) is 19.9 Å². The van der Waals surface area contributed by atoms with Crippen LogP contribution in [-0.2, 0) is 0 Å². The molecule has 0 aromatic heterocycles. The highest BCUT2D eigenvalue weighted by atomic mass is 19.1. The molecule has 74 valence electrons. The van der Waals surface area contributed by atoms with E-state index in [2.05, 4.69) is 6.07 Å². The van der Waals surface area contributed by atoms with Crippen molar-refractivity contribution in [1.82, 2.24) is 0 Å². The molecule has 0 spiro atoms. The summed E-state index contributed by atoms with van der Waals surface area (Å²) in [6, 6.07) is 7.66. The average molecular weight is 192 g/mol. The second-order valence-electron chi connectivity index (χ2n) is 3.86. The fourth-order valence-electron chi connectivity index (χ4n) is 1.16. The normalized spacial score (nSPS) is 13.4. The Morgan fingerprint density at radius 3 is 2.29 bits per heavy atom. The maximum Gasteiger partial charge on any atom is 0.123 e. The third-order valence-corrected chi connectivity index (χ3v) is 2.29. The summed E-state index contributed by atoms with van der Waals surface area (Å²) in [5.41, 5.74) is 6.02. The van der Waals surface area contributed by atoms with Crippen LogP contribution in [0.15, 0.2) is 24.3 Å². The van der Waals surface area contributed by atoms with Crippen molar-refractivity contribution >= 4 is 0 Å². The molecule has 3 heteroatoms. The third kappa shape index (κ3) is 2.09. The van der Waals surface area contributed by atoms with Gasteiger partial charge in [0.05, 0.1) is 11.5 Å². The number of halogens is 1. The molecule has 0 saturated heterocycles. The Labute approximate surface area is 83.2 Å². The second-order valence-corrected chi connectivity index (χ2v) is 3.86. The number of nitriles is 1. The van der Waals surface area contributed by atoms with Gasteiger partial charge in [-0.15, -0.1) is 0 Å². The van der Waals surface area contributed by atoms with E-state index in [0.717, 1.165) is 5.56 Å². The van der Waals surface area contributed by atoms with Crippen molar-refractivity contribution in [2.75, 3.05) is 0 Å². The van der Waals surface area contributed by atoms with Crippen molar-refractivity contribution in [2.24, 2.45) is 11.1 Å². The summed E-state index contributed by atoms with van der Waals surface area (Å²) < 4.78 is 12.6. The van der Waals surface area contributed by atoms with Gasteiger partial charge in [-0.2, -0.15) is 5.26 Å². The van der Waals surface area contributed by atoms with E-state index in [-0.39, 0.29) is 5.82 Å². The number of benzene rings is 1. The van der Waals surface area contributed by atoms with Crippen molar-refractivity contribution in [3.8, 4) is 6.07 Å². The van der Waals surface area contributed by atoms with Gasteiger partial charge in [0, 0.05) is 6.04 Å². The summed E-state index contributed by atoms with van der Waals surface area (Å²) in [5.74, 6) is -0.296. The first kappa shape index (κ1) is 10.7. The minimum Gasteiger partial charge on any atom is -0.323 e. The van der Waals surface area contributed by atoms with Crippen LogP contribution in [0.25, 0.3) is 0 Å². The number of hydrogen-bond donors (Lipinski definition) is 1. The monoisotopic (exact) mass is 192 g/mol. The summed E-state index contributed by atoms with van der Waals surface area (Å²) in [4.78, 5) is 0. The lowest BCUT2D eigenvalue weighted by Crippen LogP contribution is -2.27. The third-order valence-electron chi connectivity index (χ3n) is 2.29. The highest BCUT2D eigenvalue weighted by molar-refractivity contribution is 5.23. The predicted octanol–water partition coefficient (Wildman–Crippen LogP) is 2.38. The minimum atomic E-state index is -0.641. The number of nitrogens with two attached hydrogens (primary N) is 1. The van der Waals surface area contributed by atoms with E-state index in [1.54, 1.807) is 26.0 Å². The molecule has 0 unspecified atom stereocenters. The van der Waals surface area contributed by atoms with Crippen LogP contribution in [0.5, 0.6) is 0 Å². The Kier molecular flexibility index (Phi) is 2.87. The maximum absolute atomic E-state index is 12.6. The zero-order valence-electron chi connectivity index (χ0n) is 8.29. The first-order chi connectivity index (χ1) is 6.47. The predicted molar refractivity (Wildman–Crippen MR) is 52.7 cm³/mol. The van der Waals surface area contributed by atoms with Crippen molar-refractivity contribution < 1.29 is 4.39 Å². The minimum absolute atomic E-state index is 0.296. The molecule has 0 radical (unpaired) electrons. The van der Waals surface area contributed by atoms with Crippen LogP contribution in [0.4, 0.5) is 4.39 Å². The molecule has 0 saturated carbocycles. The van der Waals surface area contributed by atoms with Gasteiger partial charge in [0.1, 0.15) is 5.82 Å². The first-order valence-corrected chi connectivity index (χ1v) is 4.39. The van der Waals surface area contributed by atoms with Crippen LogP contribution in [0.2, 0.25) is 0 Å². The topological polar surface area (TPSA) is 49.8 Å². The molecule has 1 atom stereocenters. The summed E-state index contributed by atoms with van der Waals surface area (Å²) in [7, 11) is 0. The standard InChI is InChI=1S/C11H13FN2/c1-11(2,7-13)10(14)8-3-5-9(12)6-4-8/h3-6,10H,14H2,1-2H3/t10-/m0/s1. The summed E-state index contributed by atoms with van der Waals surface area (Å²) >= 11 is 0. The zero-order chi connectivity index (χ0) is 10.8. The van der Waals surface area contributed by atoms with Crippen LogP contribution in [0.3, 0.4) is 0 Å². The van der Waals surface area contributed by atoms with E-state index in [1.807, 2.05) is 0 Å². The average Bonchev–Trinajstić information content (AvgIpc) is 2.18. The number of hydrogen-bond acceptors (Lipinski definition) is 2.